The molecule has 1 atom stereocenters. The van der Waals surface area contributed by atoms with Gasteiger partial charge in [0.2, 0.25) is 0 Å². The molecule has 0 saturated carbocycles. The number of carbonyl (C=O) groups excluding carboxylic acids is 1. The van der Waals surface area contributed by atoms with Crippen LogP contribution in [0.2, 0.25) is 0 Å². The first kappa shape index (κ1) is 13.5. The number of hydrogen-bond donors (Lipinski definition) is 2. The van der Waals surface area contributed by atoms with Crippen LogP contribution in [0.15, 0.2) is 18.2 Å². The number of aryl methyl sites for hydroxylation is 1. The summed E-state index contributed by atoms with van der Waals surface area (Å²) in [6.45, 7) is 4.13. The predicted molar refractivity (Wildman–Crippen MR) is 68.8 cm³/mol. The standard InChI is InChI=1S/C13H20N2O2/c1-9-4-5-11(14)8-12(9)13(17)15(3)7-6-10(2)16/h4-5,8,10,16H,6-7,14H2,1-3H3. The zero-order valence-electron chi connectivity index (χ0n) is 10.6. The molecule has 0 aliphatic carbocycles. The third-order valence-corrected chi connectivity index (χ3v) is 2.72. The lowest BCUT2D eigenvalue weighted by molar-refractivity contribution is 0.0768. The highest BCUT2D eigenvalue weighted by Gasteiger charge is 2.14. The first-order valence-corrected chi connectivity index (χ1v) is 5.71. The number of aliphatic hydroxyl groups excluding tert-OH is 1. The fourth-order valence-corrected chi connectivity index (χ4v) is 1.56. The SMILES string of the molecule is Cc1ccc(N)cc1C(=O)N(C)CCC(C)O. The van der Waals surface area contributed by atoms with Crippen LogP contribution < -0.4 is 5.73 Å². The van der Waals surface area contributed by atoms with Gasteiger partial charge in [0.05, 0.1) is 6.10 Å². The van der Waals surface area contributed by atoms with Gasteiger partial charge in [-0.15, -0.1) is 0 Å². The Hall–Kier alpha value is -1.55. The Morgan fingerprint density at radius 2 is 2.18 bits per heavy atom. The van der Waals surface area contributed by atoms with Crippen molar-refractivity contribution in [2.75, 3.05) is 19.3 Å². The number of amides is 1. The van der Waals surface area contributed by atoms with Gasteiger partial charge in [-0.05, 0) is 38.0 Å². The van der Waals surface area contributed by atoms with Gasteiger partial charge in [-0.1, -0.05) is 6.07 Å². The molecule has 94 valence electrons. The van der Waals surface area contributed by atoms with Crippen LogP contribution in [-0.4, -0.2) is 35.6 Å². The van der Waals surface area contributed by atoms with E-state index in [4.69, 9.17) is 5.73 Å². The minimum atomic E-state index is -0.396. The number of anilines is 1. The normalized spacial score (nSPS) is 12.2. The molecule has 4 nitrogen and oxygen atoms in total. The van der Waals surface area contributed by atoms with Gasteiger partial charge in [0.1, 0.15) is 0 Å². The van der Waals surface area contributed by atoms with E-state index in [9.17, 15) is 9.90 Å². The molecule has 0 aromatic heterocycles. The summed E-state index contributed by atoms with van der Waals surface area (Å²) in [4.78, 5) is 13.7. The zero-order chi connectivity index (χ0) is 13.0. The van der Waals surface area contributed by atoms with Crippen molar-refractivity contribution < 1.29 is 9.90 Å². The molecule has 0 fully saturated rings. The van der Waals surface area contributed by atoms with Crippen LogP contribution in [0, 0.1) is 6.92 Å². The van der Waals surface area contributed by atoms with E-state index >= 15 is 0 Å². The summed E-state index contributed by atoms with van der Waals surface area (Å²) in [5, 5.41) is 9.19. The summed E-state index contributed by atoms with van der Waals surface area (Å²) in [6.07, 6.45) is 0.177. The molecular formula is C13H20N2O2. The van der Waals surface area contributed by atoms with E-state index in [1.54, 1.807) is 31.0 Å². The Kier molecular flexibility index (Phi) is 4.52. The highest BCUT2D eigenvalue weighted by molar-refractivity contribution is 5.96. The van der Waals surface area contributed by atoms with Crippen molar-refractivity contribution in [1.29, 1.82) is 0 Å². The molecule has 3 N–H and O–H groups in total. The lowest BCUT2D eigenvalue weighted by Gasteiger charge is -2.19. The number of hydrogen-bond acceptors (Lipinski definition) is 3. The number of nitrogens with zero attached hydrogens (tertiary/aromatic N) is 1. The van der Waals surface area contributed by atoms with Crippen molar-refractivity contribution in [2.24, 2.45) is 0 Å². The fourth-order valence-electron chi connectivity index (χ4n) is 1.56. The second-order valence-corrected chi connectivity index (χ2v) is 4.44. The molecule has 0 saturated heterocycles. The van der Waals surface area contributed by atoms with Crippen LogP contribution in [0.25, 0.3) is 0 Å². The maximum Gasteiger partial charge on any atom is 0.253 e. The van der Waals surface area contributed by atoms with Crippen LogP contribution in [-0.2, 0) is 0 Å². The number of nitrogen functional groups attached to an aromatic ring is 1. The molecule has 1 rings (SSSR count). The average Bonchev–Trinajstić information content (AvgIpc) is 2.28. The van der Waals surface area contributed by atoms with E-state index in [0.717, 1.165) is 5.56 Å². The number of aliphatic hydroxyl groups is 1. The average molecular weight is 236 g/mol. The molecule has 0 aliphatic heterocycles. The van der Waals surface area contributed by atoms with Gasteiger partial charge in [0.25, 0.3) is 5.91 Å². The molecule has 1 aromatic carbocycles. The second-order valence-electron chi connectivity index (χ2n) is 4.44. The first-order chi connectivity index (χ1) is 7.91. The summed E-state index contributed by atoms with van der Waals surface area (Å²) >= 11 is 0. The lowest BCUT2D eigenvalue weighted by atomic mass is 10.1. The van der Waals surface area contributed by atoms with Crippen molar-refractivity contribution in [1.82, 2.24) is 4.90 Å². The number of carbonyl (C=O) groups is 1. The topological polar surface area (TPSA) is 66.6 Å². The van der Waals surface area contributed by atoms with E-state index in [1.807, 2.05) is 13.0 Å². The Balaban J connectivity index is 2.78. The molecule has 0 radical (unpaired) electrons. The quantitative estimate of drug-likeness (QED) is 0.777. The minimum absolute atomic E-state index is 0.0598. The number of nitrogens with two attached hydrogens (primary N) is 1. The zero-order valence-corrected chi connectivity index (χ0v) is 10.6. The molecule has 0 spiro atoms. The third kappa shape index (κ3) is 3.75. The molecule has 17 heavy (non-hydrogen) atoms. The second kappa shape index (κ2) is 5.68. The van der Waals surface area contributed by atoms with Gasteiger partial charge in [-0.2, -0.15) is 0 Å². The van der Waals surface area contributed by atoms with Gasteiger partial charge in [0, 0.05) is 24.8 Å². The molecular weight excluding hydrogens is 216 g/mol. The Morgan fingerprint density at radius 3 is 2.76 bits per heavy atom. The van der Waals surface area contributed by atoms with Crippen LogP contribution in [0.4, 0.5) is 5.69 Å². The van der Waals surface area contributed by atoms with Crippen LogP contribution in [0.3, 0.4) is 0 Å². The van der Waals surface area contributed by atoms with Gasteiger partial charge >= 0.3 is 0 Å². The maximum atomic E-state index is 12.1. The summed E-state index contributed by atoms with van der Waals surface area (Å²) in [5.41, 5.74) is 7.80. The summed E-state index contributed by atoms with van der Waals surface area (Å²) in [7, 11) is 1.73. The fraction of sp³-hybridized carbons (Fsp3) is 0.462. The summed E-state index contributed by atoms with van der Waals surface area (Å²) in [5.74, 6) is -0.0598. The Labute approximate surface area is 102 Å². The van der Waals surface area contributed by atoms with E-state index in [1.165, 1.54) is 0 Å². The van der Waals surface area contributed by atoms with Crippen molar-refractivity contribution in [2.45, 2.75) is 26.4 Å². The Morgan fingerprint density at radius 1 is 1.53 bits per heavy atom. The van der Waals surface area contributed by atoms with Crippen molar-refractivity contribution in [3.05, 3.63) is 29.3 Å². The summed E-state index contributed by atoms with van der Waals surface area (Å²) in [6, 6.07) is 5.31. The molecule has 1 amide bonds. The summed E-state index contributed by atoms with van der Waals surface area (Å²) < 4.78 is 0. The van der Waals surface area contributed by atoms with Crippen LogP contribution >= 0.6 is 0 Å². The lowest BCUT2D eigenvalue weighted by Crippen LogP contribution is -2.30. The van der Waals surface area contributed by atoms with Gasteiger partial charge < -0.3 is 15.7 Å². The highest BCUT2D eigenvalue weighted by atomic mass is 16.3. The highest BCUT2D eigenvalue weighted by Crippen LogP contribution is 2.14. The molecule has 0 bridgehead atoms. The maximum absolute atomic E-state index is 12.1. The largest absolute Gasteiger partial charge is 0.399 e. The van der Waals surface area contributed by atoms with Crippen molar-refractivity contribution >= 4 is 11.6 Å². The molecule has 0 heterocycles. The first-order valence-electron chi connectivity index (χ1n) is 5.71. The van der Waals surface area contributed by atoms with E-state index in [0.29, 0.717) is 24.2 Å². The van der Waals surface area contributed by atoms with Crippen molar-refractivity contribution in [3.63, 3.8) is 0 Å². The van der Waals surface area contributed by atoms with Crippen molar-refractivity contribution in [3.8, 4) is 0 Å². The number of rotatable bonds is 4. The van der Waals surface area contributed by atoms with Gasteiger partial charge in [-0.25, -0.2) is 0 Å². The molecule has 1 unspecified atom stereocenters. The van der Waals surface area contributed by atoms with Crippen LogP contribution in [0.1, 0.15) is 29.3 Å². The Bertz CT molecular complexity index is 402. The smallest absolute Gasteiger partial charge is 0.253 e. The van der Waals surface area contributed by atoms with E-state index in [2.05, 4.69) is 0 Å². The molecule has 0 aliphatic rings. The number of benzene rings is 1. The van der Waals surface area contributed by atoms with E-state index in [-0.39, 0.29) is 5.91 Å². The minimum Gasteiger partial charge on any atom is -0.399 e. The predicted octanol–water partition coefficient (Wildman–Crippen LogP) is 1.42. The van der Waals surface area contributed by atoms with Gasteiger partial charge in [0.15, 0.2) is 0 Å². The third-order valence-electron chi connectivity index (χ3n) is 2.72. The monoisotopic (exact) mass is 236 g/mol. The molecule has 1 aromatic rings. The van der Waals surface area contributed by atoms with E-state index < -0.39 is 6.10 Å². The van der Waals surface area contributed by atoms with Crippen LogP contribution in [0.5, 0.6) is 0 Å². The van der Waals surface area contributed by atoms with Gasteiger partial charge in [-0.3, -0.25) is 4.79 Å². The molecule has 4 heteroatoms.